The molecule has 53 heavy (non-hydrogen) atoms. The maximum absolute atomic E-state index is 6.59. The highest BCUT2D eigenvalue weighted by Gasteiger charge is 2.47. The zero-order chi connectivity index (χ0) is 35.3. The first-order chi connectivity index (χ1) is 26.1. The molecule has 1 aliphatic rings. The summed E-state index contributed by atoms with van der Waals surface area (Å²) in [4.78, 5) is 0. The largest absolute Gasteiger partial charge is 0.455 e. The van der Waals surface area contributed by atoms with E-state index < -0.39 is 5.41 Å². The summed E-state index contributed by atoms with van der Waals surface area (Å²) in [5.74, 6) is 0. The van der Waals surface area contributed by atoms with E-state index in [9.17, 15) is 0 Å². The fourth-order valence-corrected chi connectivity index (χ4v) is 9.30. The van der Waals surface area contributed by atoms with Gasteiger partial charge in [0.15, 0.2) is 0 Å². The number of benzene rings is 8. The van der Waals surface area contributed by atoms with Crippen molar-refractivity contribution in [3.63, 3.8) is 0 Å². The summed E-state index contributed by atoms with van der Waals surface area (Å²) in [6.07, 6.45) is 0. The number of hydrogen-bond donors (Lipinski definition) is 0. The molecule has 2 nitrogen and oxygen atoms in total. The lowest BCUT2D eigenvalue weighted by Gasteiger charge is -2.37. The molecule has 0 spiro atoms. The lowest BCUT2D eigenvalue weighted by molar-refractivity contribution is 0.669. The third-order valence-electron chi connectivity index (χ3n) is 11.7. The van der Waals surface area contributed by atoms with Gasteiger partial charge < -0.3 is 8.83 Å². The third kappa shape index (κ3) is 4.15. The van der Waals surface area contributed by atoms with Crippen LogP contribution in [-0.2, 0) is 5.41 Å². The van der Waals surface area contributed by atoms with Crippen LogP contribution in [0.2, 0.25) is 0 Å². The van der Waals surface area contributed by atoms with Crippen LogP contribution >= 0.6 is 0 Å². The Morgan fingerprint density at radius 2 is 0.736 bits per heavy atom. The molecule has 2 aromatic heterocycles. The molecular formula is C51H34O2. The van der Waals surface area contributed by atoms with Crippen molar-refractivity contribution in [1.29, 1.82) is 0 Å². The van der Waals surface area contributed by atoms with E-state index in [1.807, 2.05) is 12.1 Å². The lowest BCUT2D eigenvalue weighted by Crippen LogP contribution is -2.30. The number of para-hydroxylation sites is 4. The molecular weight excluding hydrogens is 645 g/mol. The van der Waals surface area contributed by atoms with Crippen molar-refractivity contribution in [3.05, 3.63) is 203 Å². The minimum Gasteiger partial charge on any atom is -0.455 e. The quantitative estimate of drug-likeness (QED) is 0.185. The molecule has 0 amide bonds. The predicted molar refractivity (Wildman–Crippen MR) is 219 cm³/mol. The van der Waals surface area contributed by atoms with Crippen molar-refractivity contribution in [2.75, 3.05) is 0 Å². The monoisotopic (exact) mass is 678 g/mol. The van der Waals surface area contributed by atoms with Gasteiger partial charge in [0.2, 0.25) is 0 Å². The summed E-state index contributed by atoms with van der Waals surface area (Å²) in [7, 11) is 0. The van der Waals surface area contributed by atoms with E-state index in [1.165, 1.54) is 44.5 Å². The average molecular weight is 679 g/mol. The Kier molecular flexibility index (Phi) is 6.33. The molecule has 8 aromatic carbocycles. The van der Waals surface area contributed by atoms with E-state index in [4.69, 9.17) is 8.83 Å². The molecule has 2 heteroatoms. The van der Waals surface area contributed by atoms with Crippen LogP contribution in [0.3, 0.4) is 0 Å². The van der Waals surface area contributed by atoms with E-state index in [2.05, 4.69) is 172 Å². The van der Waals surface area contributed by atoms with Crippen molar-refractivity contribution < 1.29 is 8.83 Å². The molecule has 0 N–H and O–H groups in total. The normalized spacial score (nSPS) is 13.2. The Bertz CT molecular complexity index is 2890. The van der Waals surface area contributed by atoms with Crippen molar-refractivity contribution in [1.82, 2.24) is 0 Å². The lowest BCUT2D eigenvalue weighted by atomic mass is 9.64. The fraction of sp³-hybridized carbons (Fsp3) is 0.0588. The second kappa shape index (κ2) is 11.2. The highest BCUT2D eigenvalue weighted by atomic mass is 16.3. The van der Waals surface area contributed by atoms with Crippen LogP contribution in [-0.4, -0.2) is 0 Å². The van der Waals surface area contributed by atoms with Gasteiger partial charge >= 0.3 is 0 Å². The molecule has 0 saturated heterocycles. The maximum atomic E-state index is 6.59. The van der Waals surface area contributed by atoms with Crippen LogP contribution in [0.15, 0.2) is 179 Å². The second-order valence-electron chi connectivity index (χ2n) is 14.5. The molecule has 0 saturated carbocycles. The van der Waals surface area contributed by atoms with Gasteiger partial charge in [0.25, 0.3) is 0 Å². The highest BCUT2D eigenvalue weighted by molar-refractivity contribution is 6.10. The summed E-state index contributed by atoms with van der Waals surface area (Å²) in [6, 6.07) is 61.7. The summed E-state index contributed by atoms with van der Waals surface area (Å²) in [5.41, 5.74) is 17.7. The minimum absolute atomic E-state index is 0.586. The molecule has 0 radical (unpaired) electrons. The Morgan fingerprint density at radius 1 is 0.340 bits per heavy atom. The molecule has 0 fully saturated rings. The van der Waals surface area contributed by atoms with Gasteiger partial charge in [0, 0.05) is 32.7 Å². The van der Waals surface area contributed by atoms with Crippen LogP contribution in [0, 0.1) is 13.8 Å². The van der Waals surface area contributed by atoms with Gasteiger partial charge in [-0.3, -0.25) is 0 Å². The molecule has 250 valence electrons. The van der Waals surface area contributed by atoms with Crippen molar-refractivity contribution in [2.45, 2.75) is 19.3 Å². The molecule has 0 atom stereocenters. The van der Waals surface area contributed by atoms with Crippen molar-refractivity contribution in [3.8, 4) is 33.4 Å². The number of hydrogen-bond acceptors (Lipinski definition) is 2. The van der Waals surface area contributed by atoms with Gasteiger partial charge in [-0.05, 0) is 93.7 Å². The van der Waals surface area contributed by atoms with E-state index in [0.717, 1.165) is 66.1 Å². The molecule has 0 unspecified atom stereocenters. The first-order valence-corrected chi connectivity index (χ1v) is 18.3. The summed E-state index contributed by atoms with van der Waals surface area (Å²) in [5, 5.41) is 4.54. The van der Waals surface area contributed by atoms with Crippen LogP contribution in [0.4, 0.5) is 0 Å². The van der Waals surface area contributed by atoms with Gasteiger partial charge in [0.1, 0.15) is 22.3 Å². The van der Waals surface area contributed by atoms with E-state index in [1.54, 1.807) is 0 Å². The third-order valence-corrected chi connectivity index (χ3v) is 11.7. The minimum atomic E-state index is -0.586. The Morgan fingerprint density at radius 3 is 1.23 bits per heavy atom. The molecule has 10 aromatic rings. The summed E-state index contributed by atoms with van der Waals surface area (Å²) >= 11 is 0. The van der Waals surface area contributed by atoms with Gasteiger partial charge in [-0.25, -0.2) is 0 Å². The summed E-state index contributed by atoms with van der Waals surface area (Å²) < 4.78 is 13.2. The van der Waals surface area contributed by atoms with Crippen molar-refractivity contribution >= 4 is 43.9 Å². The standard InChI is InChI=1S/C51H34O2/c1-31-25-27-33(35-17-11-19-41-39-15-5-9-23-47(39)52-49(35)41)29-45(31)51(43-21-7-3-13-37(43)38-14-4-8-22-44(38)51)46-30-34(28-26-32(46)2)36-18-12-20-42-40-16-6-10-24-48(40)53-50(36)42/h3-30H,1-2H3. The Hall–Kier alpha value is -6.64. The highest BCUT2D eigenvalue weighted by Crippen LogP contribution is 2.58. The first-order valence-electron chi connectivity index (χ1n) is 18.3. The molecule has 2 heterocycles. The van der Waals surface area contributed by atoms with E-state index in [0.29, 0.717) is 0 Å². The number of rotatable bonds is 4. The smallest absolute Gasteiger partial charge is 0.143 e. The van der Waals surface area contributed by atoms with Crippen LogP contribution < -0.4 is 0 Å². The fourth-order valence-electron chi connectivity index (χ4n) is 9.30. The zero-order valence-electron chi connectivity index (χ0n) is 29.5. The topological polar surface area (TPSA) is 26.3 Å². The molecule has 0 bridgehead atoms. The first kappa shape index (κ1) is 30.0. The molecule has 11 rings (SSSR count). The SMILES string of the molecule is Cc1ccc(-c2cccc3c2oc2ccccc23)cc1C1(c2cc(-c3cccc4c3oc3ccccc34)ccc2C)c2ccccc2-c2ccccc21. The molecule has 1 aliphatic carbocycles. The Labute approximate surface area is 307 Å². The predicted octanol–water partition coefficient (Wildman–Crippen LogP) is 13.8. The van der Waals surface area contributed by atoms with Crippen LogP contribution in [0.25, 0.3) is 77.3 Å². The van der Waals surface area contributed by atoms with Crippen molar-refractivity contribution in [2.24, 2.45) is 0 Å². The Balaban J connectivity index is 1.22. The van der Waals surface area contributed by atoms with Gasteiger partial charge in [-0.15, -0.1) is 0 Å². The van der Waals surface area contributed by atoms with Crippen LogP contribution in [0.1, 0.15) is 33.4 Å². The number of fused-ring (bicyclic) bond motifs is 9. The average Bonchev–Trinajstić information content (AvgIpc) is 3.87. The zero-order valence-corrected chi connectivity index (χ0v) is 29.5. The van der Waals surface area contributed by atoms with Gasteiger partial charge in [-0.1, -0.05) is 146 Å². The number of furan rings is 2. The molecule has 0 aliphatic heterocycles. The number of aryl methyl sites for hydroxylation is 2. The van der Waals surface area contributed by atoms with E-state index in [-0.39, 0.29) is 0 Å². The van der Waals surface area contributed by atoms with Crippen LogP contribution in [0.5, 0.6) is 0 Å². The van der Waals surface area contributed by atoms with Gasteiger partial charge in [0.05, 0.1) is 5.41 Å². The maximum Gasteiger partial charge on any atom is 0.143 e. The van der Waals surface area contributed by atoms with E-state index >= 15 is 0 Å². The summed E-state index contributed by atoms with van der Waals surface area (Å²) in [6.45, 7) is 4.53. The second-order valence-corrected chi connectivity index (χ2v) is 14.5. The van der Waals surface area contributed by atoms with Gasteiger partial charge in [-0.2, -0.15) is 0 Å².